The first-order chi connectivity index (χ1) is 14.3. The Labute approximate surface area is 176 Å². The van der Waals surface area contributed by atoms with Crippen molar-refractivity contribution < 1.29 is 43.8 Å². The standard InChI is InChI=1S/C16H26N6O9/c17-7(1-3-10(18)23)14(29)21-8(2-4-11(19)24)16(31)22-9(5-12(25)26)15(30)20-6-13(27)28/h7-9H,1-6,17H2,(H2,18,23)(H2,19,24)(H,20,30)(H,21,29)(H,22,31)(H,25,26)(H,27,28). The summed E-state index contributed by atoms with van der Waals surface area (Å²) < 4.78 is 0. The summed E-state index contributed by atoms with van der Waals surface area (Å²) >= 11 is 0. The number of aliphatic carboxylic acids is 2. The van der Waals surface area contributed by atoms with Crippen LogP contribution in [0.3, 0.4) is 0 Å². The number of hydrogen-bond donors (Lipinski definition) is 8. The zero-order valence-corrected chi connectivity index (χ0v) is 16.5. The molecule has 0 fully saturated rings. The Kier molecular flexibility index (Phi) is 11.8. The molecule has 0 heterocycles. The Hall–Kier alpha value is -3.75. The van der Waals surface area contributed by atoms with E-state index in [0.29, 0.717) is 0 Å². The number of rotatable bonds is 15. The molecule has 0 saturated heterocycles. The van der Waals surface area contributed by atoms with Crippen LogP contribution >= 0.6 is 0 Å². The molecule has 15 nitrogen and oxygen atoms in total. The second kappa shape index (κ2) is 13.5. The highest BCUT2D eigenvalue weighted by Crippen LogP contribution is 2.03. The fraction of sp³-hybridized carbons (Fsp3) is 0.562. The van der Waals surface area contributed by atoms with Gasteiger partial charge in [0, 0.05) is 12.8 Å². The summed E-state index contributed by atoms with van der Waals surface area (Å²) in [6, 6.07) is -4.31. The lowest BCUT2D eigenvalue weighted by Gasteiger charge is -2.23. The van der Waals surface area contributed by atoms with Crippen LogP contribution in [0.1, 0.15) is 32.1 Å². The molecule has 3 atom stereocenters. The van der Waals surface area contributed by atoms with Crippen molar-refractivity contribution >= 4 is 41.5 Å². The predicted octanol–water partition coefficient (Wildman–Crippen LogP) is -4.51. The lowest BCUT2D eigenvalue weighted by molar-refractivity contribution is -0.141. The van der Waals surface area contributed by atoms with E-state index in [0.717, 1.165) is 0 Å². The number of amides is 5. The second-order valence-corrected chi connectivity index (χ2v) is 6.45. The van der Waals surface area contributed by atoms with Gasteiger partial charge in [0.15, 0.2) is 0 Å². The number of carbonyl (C=O) groups excluding carboxylic acids is 5. The molecule has 0 aliphatic rings. The molecule has 15 heteroatoms. The molecule has 31 heavy (non-hydrogen) atoms. The maximum absolute atomic E-state index is 12.5. The fourth-order valence-electron chi connectivity index (χ4n) is 2.21. The summed E-state index contributed by atoms with van der Waals surface area (Å²) in [5.74, 6) is -7.35. The van der Waals surface area contributed by atoms with Gasteiger partial charge in [-0.2, -0.15) is 0 Å². The second-order valence-electron chi connectivity index (χ2n) is 6.45. The third kappa shape index (κ3) is 12.4. The molecular formula is C16H26N6O9. The molecule has 0 rings (SSSR count). The largest absolute Gasteiger partial charge is 0.481 e. The number of carbonyl (C=O) groups is 7. The molecule has 0 aliphatic carbocycles. The van der Waals surface area contributed by atoms with Crippen LogP contribution < -0.4 is 33.2 Å². The van der Waals surface area contributed by atoms with Crippen molar-refractivity contribution in [3.8, 4) is 0 Å². The number of carboxylic acids is 2. The van der Waals surface area contributed by atoms with E-state index in [2.05, 4.69) is 10.6 Å². The maximum atomic E-state index is 12.5. The zero-order chi connectivity index (χ0) is 24.1. The quantitative estimate of drug-likeness (QED) is 0.119. The molecule has 0 aromatic heterocycles. The molecule has 5 amide bonds. The van der Waals surface area contributed by atoms with Crippen molar-refractivity contribution in [1.29, 1.82) is 0 Å². The van der Waals surface area contributed by atoms with Gasteiger partial charge in [0.05, 0.1) is 12.5 Å². The average molecular weight is 446 g/mol. The van der Waals surface area contributed by atoms with Crippen LogP contribution in [0, 0.1) is 0 Å². The molecule has 0 spiro atoms. The maximum Gasteiger partial charge on any atom is 0.322 e. The molecule has 0 radical (unpaired) electrons. The zero-order valence-electron chi connectivity index (χ0n) is 16.5. The average Bonchev–Trinajstić information content (AvgIpc) is 2.65. The Morgan fingerprint density at radius 3 is 1.71 bits per heavy atom. The van der Waals surface area contributed by atoms with Crippen LogP contribution in [0.2, 0.25) is 0 Å². The molecule has 0 aromatic rings. The van der Waals surface area contributed by atoms with Gasteiger partial charge in [0.25, 0.3) is 0 Å². The minimum Gasteiger partial charge on any atom is -0.481 e. The van der Waals surface area contributed by atoms with Crippen molar-refractivity contribution in [2.75, 3.05) is 6.54 Å². The number of primary amides is 2. The SMILES string of the molecule is NC(=O)CCC(N)C(=O)NC(CCC(N)=O)C(=O)NC(CC(=O)O)C(=O)NCC(=O)O. The fourth-order valence-corrected chi connectivity index (χ4v) is 2.21. The van der Waals surface area contributed by atoms with E-state index >= 15 is 0 Å². The molecular weight excluding hydrogens is 420 g/mol. The van der Waals surface area contributed by atoms with E-state index in [9.17, 15) is 33.6 Å². The normalized spacial score (nSPS) is 13.2. The van der Waals surface area contributed by atoms with Gasteiger partial charge >= 0.3 is 11.9 Å². The van der Waals surface area contributed by atoms with E-state index in [1.807, 2.05) is 5.32 Å². The van der Waals surface area contributed by atoms with Gasteiger partial charge in [-0.15, -0.1) is 0 Å². The highest BCUT2D eigenvalue weighted by Gasteiger charge is 2.29. The highest BCUT2D eigenvalue weighted by molar-refractivity contribution is 5.95. The van der Waals surface area contributed by atoms with Gasteiger partial charge in [-0.3, -0.25) is 33.6 Å². The van der Waals surface area contributed by atoms with Gasteiger partial charge < -0.3 is 43.4 Å². The van der Waals surface area contributed by atoms with Crippen molar-refractivity contribution in [2.45, 2.75) is 50.2 Å². The summed E-state index contributed by atoms with van der Waals surface area (Å²) in [4.78, 5) is 80.1. The Balaban J connectivity index is 5.31. The van der Waals surface area contributed by atoms with Crippen molar-refractivity contribution in [1.82, 2.24) is 16.0 Å². The highest BCUT2D eigenvalue weighted by atomic mass is 16.4. The van der Waals surface area contributed by atoms with Gasteiger partial charge in [-0.1, -0.05) is 0 Å². The van der Waals surface area contributed by atoms with E-state index < -0.39 is 72.6 Å². The minimum atomic E-state index is -1.67. The van der Waals surface area contributed by atoms with Crippen LogP contribution in [0.25, 0.3) is 0 Å². The monoisotopic (exact) mass is 446 g/mol. The molecule has 174 valence electrons. The first-order valence-electron chi connectivity index (χ1n) is 8.97. The van der Waals surface area contributed by atoms with E-state index in [1.54, 1.807) is 0 Å². The third-order valence-electron chi connectivity index (χ3n) is 3.78. The van der Waals surface area contributed by atoms with E-state index in [-0.39, 0.29) is 25.7 Å². The van der Waals surface area contributed by atoms with Crippen molar-refractivity contribution in [2.24, 2.45) is 17.2 Å². The lowest BCUT2D eigenvalue weighted by atomic mass is 10.1. The molecule has 0 bridgehead atoms. The molecule has 0 aromatic carbocycles. The van der Waals surface area contributed by atoms with Gasteiger partial charge in [0.2, 0.25) is 29.5 Å². The first-order valence-corrected chi connectivity index (χ1v) is 8.97. The lowest BCUT2D eigenvalue weighted by Crippen LogP contribution is -2.56. The summed E-state index contributed by atoms with van der Waals surface area (Å²) in [5, 5.41) is 23.8. The van der Waals surface area contributed by atoms with Gasteiger partial charge in [-0.25, -0.2) is 0 Å². The van der Waals surface area contributed by atoms with Crippen molar-refractivity contribution in [3.63, 3.8) is 0 Å². The van der Waals surface area contributed by atoms with Crippen molar-refractivity contribution in [3.05, 3.63) is 0 Å². The third-order valence-corrected chi connectivity index (χ3v) is 3.78. The molecule has 0 saturated carbocycles. The molecule has 3 unspecified atom stereocenters. The van der Waals surface area contributed by atoms with E-state index in [4.69, 9.17) is 27.4 Å². The molecule has 11 N–H and O–H groups in total. The Bertz CT molecular complexity index is 726. The van der Waals surface area contributed by atoms with Crippen LogP contribution in [0.4, 0.5) is 0 Å². The summed E-state index contributed by atoms with van der Waals surface area (Å²) in [5.41, 5.74) is 15.6. The van der Waals surface area contributed by atoms with Gasteiger partial charge in [-0.05, 0) is 12.8 Å². The van der Waals surface area contributed by atoms with E-state index in [1.165, 1.54) is 0 Å². The van der Waals surface area contributed by atoms with Gasteiger partial charge in [0.1, 0.15) is 18.6 Å². The summed E-state index contributed by atoms with van der Waals surface area (Å²) in [7, 11) is 0. The van der Waals surface area contributed by atoms with Crippen LogP contribution in [0.15, 0.2) is 0 Å². The Morgan fingerprint density at radius 2 is 1.23 bits per heavy atom. The minimum absolute atomic E-state index is 0.120. The summed E-state index contributed by atoms with van der Waals surface area (Å²) in [6.07, 6.45) is -1.84. The predicted molar refractivity (Wildman–Crippen MR) is 102 cm³/mol. The summed E-state index contributed by atoms with van der Waals surface area (Å²) in [6.45, 7) is -0.818. The topological polar surface area (TPSA) is 274 Å². The number of nitrogens with two attached hydrogens (primary N) is 3. The smallest absolute Gasteiger partial charge is 0.322 e. The molecule has 0 aliphatic heterocycles. The number of nitrogens with one attached hydrogen (secondary N) is 3. The Morgan fingerprint density at radius 1 is 0.710 bits per heavy atom. The van der Waals surface area contributed by atoms with Crippen LogP contribution in [-0.4, -0.2) is 76.4 Å². The number of carboxylic acid groups (broad SMARTS) is 2. The first kappa shape index (κ1) is 27.2. The van der Waals surface area contributed by atoms with Crippen LogP contribution in [-0.2, 0) is 33.6 Å². The number of hydrogen-bond acceptors (Lipinski definition) is 8. The van der Waals surface area contributed by atoms with Crippen LogP contribution in [0.5, 0.6) is 0 Å².